The molecular weight excluding hydrogens is 298 g/mol. The molecule has 0 radical (unpaired) electrons. The third kappa shape index (κ3) is 6.46. The summed E-state index contributed by atoms with van der Waals surface area (Å²) in [6, 6.07) is 7.11. The maximum absolute atomic E-state index is 11.6. The van der Waals surface area contributed by atoms with Crippen LogP contribution in [0.2, 0.25) is 0 Å². The minimum Gasteiger partial charge on any atom is -0.478 e. The van der Waals surface area contributed by atoms with Crippen LogP contribution in [0, 0.1) is 0 Å². The van der Waals surface area contributed by atoms with Gasteiger partial charge in [0.25, 0.3) is 5.91 Å². The minimum absolute atomic E-state index is 0.367. The number of carboxylic acids is 1. The lowest BCUT2D eigenvalue weighted by molar-refractivity contribution is -0.198. The first-order chi connectivity index (χ1) is 11.1. The zero-order valence-corrected chi connectivity index (χ0v) is 12.6. The van der Waals surface area contributed by atoms with Crippen LogP contribution in [0.5, 0.6) is 0 Å². The van der Waals surface area contributed by atoms with Crippen LogP contribution < -0.4 is 5.48 Å². The smallest absolute Gasteiger partial charge is 0.328 e. The van der Waals surface area contributed by atoms with Gasteiger partial charge >= 0.3 is 5.97 Å². The topological polar surface area (TPSA) is 84.9 Å². The number of hydrogen-bond acceptors (Lipinski definition) is 4. The molecule has 0 aromatic heterocycles. The van der Waals surface area contributed by atoms with Crippen molar-refractivity contribution in [2.45, 2.75) is 25.6 Å². The molecule has 1 atom stereocenters. The number of carboxylic acid groups (broad SMARTS) is 1. The zero-order valence-electron chi connectivity index (χ0n) is 12.6. The maximum Gasteiger partial charge on any atom is 0.328 e. The molecule has 1 fully saturated rings. The highest BCUT2D eigenvalue weighted by Gasteiger charge is 2.14. The van der Waals surface area contributed by atoms with E-state index in [2.05, 4.69) is 5.48 Å². The Morgan fingerprint density at radius 1 is 1.13 bits per heavy atom. The van der Waals surface area contributed by atoms with E-state index < -0.39 is 5.97 Å². The van der Waals surface area contributed by atoms with Crippen molar-refractivity contribution in [2.75, 3.05) is 6.61 Å². The number of nitrogens with one attached hydrogen (secondary N) is 1. The fourth-order valence-corrected chi connectivity index (χ4v) is 2.02. The second-order valence-corrected chi connectivity index (χ2v) is 5.05. The van der Waals surface area contributed by atoms with Gasteiger partial charge in [0.05, 0.1) is 0 Å². The summed E-state index contributed by atoms with van der Waals surface area (Å²) < 4.78 is 5.33. The molecule has 2 rings (SSSR count). The molecular formula is C17H19NO5. The highest BCUT2D eigenvalue weighted by atomic mass is 16.8. The Kier molecular flexibility index (Phi) is 6.53. The van der Waals surface area contributed by atoms with E-state index in [4.69, 9.17) is 14.7 Å². The van der Waals surface area contributed by atoms with E-state index >= 15 is 0 Å². The van der Waals surface area contributed by atoms with Crippen LogP contribution in [-0.4, -0.2) is 29.9 Å². The van der Waals surface area contributed by atoms with Crippen molar-refractivity contribution >= 4 is 24.0 Å². The van der Waals surface area contributed by atoms with Crippen molar-refractivity contribution in [1.82, 2.24) is 5.48 Å². The van der Waals surface area contributed by atoms with E-state index in [0.717, 1.165) is 36.5 Å². The van der Waals surface area contributed by atoms with Gasteiger partial charge in [0.1, 0.15) is 0 Å². The van der Waals surface area contributed by atoms with Crippen LogP contribution in [0.25, 0.3) is 12.2 Å². The number of ether oxygens (including phenoxy) is 1. The van der Waals surface area contributed by atoms with Gasteiger partial charge in [-0.2, -0.15) is 0 Å². The molecule has 0 saturated carbocycles. The molecule has 6 nitrogen and oxygen atoms in total. The SMILES string of the molecule is O=C(O)C=Cc1ccc(C=CC(=O)NOC2CCCCO2)cc1. The standard InChI is InChI=1S/C17H19NO5/c19-15(18-23-17-3-1-2-12-22-17)10-8-13-4-6-14(7-5-13)9-11-16(20)21/h4-11,17H,1-3,12H2,(H,18,19)(H,20,21). The maximum atomic E-state index is 11.6. The summed E-state index contributed by atoms with van der Waals surface area (Å²) in [5, 5.41) is 8.56. The summed E-state index contributed by atoms with van der Waals surface area (Å²) >= 11 is 0. The molecule has 1 aliphatic heterocycles. The number of carbonyl (C=O) groups is 2. The van der Waals surface area contributed by atoms with Gasteiger partial charge in [0, 0.05) is 25.2 Å². The second-order valence-electron chi connectivity index (χ2n) is 5.05. The summed E-state index contributed by atoms with van der Waals surface area (Å²) in [5.74, 6) is -1.36. The average molecular weight is 317 g/mol. The number of carbonyl (C=O) groups excluding carboxylic acids is 1. The molecule has 1 amide bonds. The predicted molar refractivity (Wildman–Crippen MR) is 85.0 cm³/mol. The quantitative estimate of drug-likeness (QED) is 0.621. The average Bonchev–Trinajstić information content (AvgIpc) is 2.58. The van der Waals surface area contributed by atoms with Gasteiger partial charge in [-0.05, 0) is 36.1 Å². The molecule has 23 heavy (non-hydrogen) atoms. The lowest BCUT2D eigenvalue weighted by Crippen LogP contribution is -2.32. The third-order valence-electron chi connectivity index (χ3n) is 3.21. The van der Waals surface area contributed by atoms with Gasteiger partial charge in [-0.15, -0.1) is 0 Å². The molecule has 6 heteroatoms. The van der Waals surface area contributed by atoms with Crippen molar-refractivity contribution in [3.8, 4) is 0 Å². The van der Waals surface area contributed by atoms with Gasteiger partial charge in [0.2, 0.25) is 0 Å². The summed E-state index contributed by atoms with van der Waals surface area (Å²) in [6.45, 7) is 0.652. The lowest BCUT2D eigenvalue weighted by atomic mass is 10.1. The fraction of sp³-hybridized carbons (Fsp3) is 0.294. The van der Waals surface area contributed by atoms with Gasteiger partial charge in [0.15, 0.2) is 6.29 Å². The molecule has 1 aromatic carbocycles. The van der Waals surface area contributed by atoms with Crippen molar-refractivity contribution in [1.29, 1.82) is 0 Å². The molecule has 1 aliphatic rings. The first kappa shape index (κ1) is 16.9. The molecule has 122 valence electrons. The Labute approximate surface area is 134 Å². The number of hydrogen-bond donors (Lipinski definition) is 2. The van der Waals surface area contributed by atoms with Crippen LogP contribution in [-0.2, 0) is 19.2 Å². The summed E-state index contributed by atoms with van der Waals surface area (Å²) in [5.41, 5.74) is 3.93. The number of benzene rings is 1. The van der Waals surface area contributed by atoms with E-state index in [1.807, 2.05) is 0 Å². The van der Waals surface area contributed by atoms with Crippen LogP contribution in [0.3, 0.4) is 0 Å². The lowest BCUT2D eigenvalue weighted by Gasteiger charge is -2.21. The summed E-state index contributed by atoms with van der Waals surface area (Å²) in [6.07, 6.45) is 8.03. The Bertz CT molecular complexity index is 586. The van der Waals surface area contributed by atoms with Gasteiger partial charge in [-0.3, -0.25) is 4.79 Å². The first-order valence-electron chi connectivity index (χ1n) is 7.40. The first-order valence-corrected chi connectivity index (χ1v) is 7.40. The largest absolute Gasteiger partial charge is 0.478 e. The molecule has 1 aromatic rings. The molecule has 0 spiro atoms. The van der Waals surface area contributed by atoms with Gasteiger partial charge < -0.3 is 9.84 Å². The van der Waals surface area contributed by atoms with Crippen molar-refractivity contribution < 1.29 is 24.3 Å². The van der Waals surface area contributed by atoms with E-state index in [-0.39, 0.29) is 12.2 Å². The molecule has 0 bridgehead atoms. The van der Waals surface area contributed by atoms with E-state index in [1.54, 1.807) is 30.3 Å². The Hall–Kier alpha value is -2.44. The van der Waals surface area contributed by atoms with Crippen molar-refractivity contribution in [3.05, 3.63) is 47.5 Å². The Morgan fingerprint density at radius 2 is 1.78 bits per heavy atom. The molecule has 0 aliphatic carbocycles. The predicted octanol–water partition coefficient (Wildman–Crippen LogP) is 2.37. The Balaban J connectivity index is 1.79. The minimum atomic E-state index is -0.993. The molecule has 1 unspecified atom stereocenters. The van der Waals surface area contributed by atoms with Gasteiger partial charge in [-0.25, -0.2) is 15.1 Å². The number of aliphatic carboxylic acids is 1. The molecule has 1 saturated heterocycles. The zero-order chi connectivity index (χ0) is 16.5. The van der Waals surface area contributed by atoms with Crippen molar-refractivity contribution in [2.24, 2.45) is 0 Å². The van der Waals surface area contributed by atoms with Crippen LogP contribution >= 0.6 is 0 Å². The van der Waals surface area contributed by atoms with E-state index in [1.165, 1.54) is 12.2 Å². The van der Waals surface area contributed by atoms with Crippen LogP contribution in [0.15, 0.2) is 36.4 Å². The molecule has 1 heterocycles. The normalized spacial score (nSPS) is 18.3. The van der Waals surface area contributed by atoms with Crippen molar-refractivity contribution in [3.63, 3.8) is 0 Å². The monoisotopic (exact) mass is 317 g/mol. The molecule has 2 N–H and O–H groups in total. The van der Waals surface area contributed by atoms with E-state index in [9.17, 15) is 9.59 Å². The summed E-state index contributed by atoms with van der Waals surface area (Å²) in [7, 11) is 0. The third-order valence-corrected chi connectivity index (χ3v) is 3.21. The van der Waals surface area contributed by atoms with E-state index in [0.29, 0.717) is 6.61 Å². The Morgan fingerprint density at radius 3 is 2.35 bits per heavy atom. The number of amides is 1. The second kappa shape index (κ2) is 8.87. The fourth-order valence-electron chi connectivity index (χ4n) is 2.02. The van der Waals surface area contributed by atoms with Crippen LogP contribution in [0.1, 0.15) is 30.4 Å². The highest BCUT2D eigenvalue weighted by molar-refractivity contribution is 5.91. The van der Waals surface area contributed by atoms with Gasteiger partial charge in [-0.1, -0.05) is 24.3 Å². The number of rotatable bonds is 6. The summed E-state index contributed by atoms with van der Waals surface area (Å²) in [4.78, 5) is 27.2. The van der Waals surface area contributed by atoms with Crippen LogP contribution in [0.4, 0.5) is 0 Å². The number of hydroxylamine groups is 1. The highest BCUT2D eigenvalue weighted by Crippen LogP contribution is 2.12.